The Bertz CT molecular complexity index is 678. The number of amides is 1. The molecule has 4 heteroatoms. The standard InChI is InChI=1S/C19H24N2O2/c1-23-17-9-8-15-11-16(13-20-18(15)12-17)21-19(22)10-7-14-5-3-2-4-6-14/h8-9,11-14H,2-7,10H2,1H3,(H,21,22). The van der Waals surface area contributed by atoms with E-state index in [9.17, 15) is 4.79 Å². The van der Waals surface area contributed by atoms with Crippen LogP contribution in [0.5, 0.6) is 5.75 Å². The van der Waals surface area contributed by atoms with Crippen molar-refractivity contribution < 1.29 is 9.53 Å². The zero-order valence-corrected chi connectivity index (χ0v) is 13.7. The minimum Gasteiger partial charge on any atom is -0.497 e. The molecule has 4 nitrogen and oxygen atoms in total. The smallest absolute Gasteiger partial charge is 0.224 e. The van der Waals surface area contributed by atoms with Crippen molar-refractivity contribution >= 4 is 22.5 Å². The first kappa shape index (κ1) is 15.8. The average molecular weight is 312 g/mol. The number of anilines is 1. The number of carbonyl (C=O) groups excluding carboxylic acids is 1. The topological polar surface area (TPSA) is 51.2 Å². The molecule has 1 saturated carbocycles. The van der Waals surface area contributed by atoms with Crippen LogP contribution in [0.3, 0.4) is 0 Å². The van der Waals surface area contributed by atoms with Crippen molar-refractivity contribution in [1.29, 1.82) is 0 Å². The van der Waals surface area contributed by atoms with E-state index in [-0.39, 0.29) is 5.91 Å². The lowest BCUT2D eigenvalue weighted by Crippen LogP contribution is -2.15. The van der Waals surface area contributed by atoms with E-state index < -0.39 is 0 Å². The molecule has 1 N–H and O–H groups in total. The Morgan fingerprint density at radius 1 is 1.26 bits per heavy atom. The van der Waals surface area contributed by atoms with E-state index in [1.165, 1.54) is 32.1 Å². The molecule has 1 heterocycles. The molecule has 0 saturated heterocycles. The van der Waals surface area contributed by atoms with E-state index in [0.29, 0.717) is 6.42 Å². The Labute approximate surface area is 137 Å². The van der Waals surface area contributed by atoms with Gasteiger partial charge >= 0.3 is 0 Å². The number of aromatic nitrogens is 1. The molecule has 0 spiro atoms. The molecular weight excluding hydrogens is 288 g/mol. The molecule has 1 amide bonds. The second-order valence-electron chi connectivity index (χ2n) is 6.37. The van der Waals surface area contributed by atoms with Gasteiger partial charge in [-0.2, -0.15) is 0 Å². The lowest BCUT2D eigenvalue weighted by Gasteiger charge is -2.20. The zero-order chi connectivity index (χ0) is 16.1. The number of ether oxygens (including phenoxy) is 1. The maximum Gasteiger partial charge on any atom is 0.224 e. The number of pyridine rings is 1. The molecule has 122 valence electrons. The Hall–Kier alpha value is -2.10. The van der Waals surface area contributed by atoms with Gasteiger partial charge in [-0.3, -0.25) is 9.78 Å². The van der Waals surface area contributed by atoms with Crippen LogP contribution in [0.25, 0.3) is 10.9 Å². The molecule has 1 aliphatic carbocycles. The fraction of sp³-hybridized carbons (Fsp3) is 0.474. The third kappa shape index (κ3) is 4.21. The molecule has 0 atom stereocenters. The number of hydrogen-bond acceptors (Lipinski definition) is 3. The molecular formula is C19H24N2O2. The number of hydrogen-bond donors (Lipinski definition) is 1. The summed E-state index contributed by atoms with van der Waals surface area (Å²) in [6, 6.07) is 7.71. The molecule has 23 heavy (non-hydrogen) atoms. The largest absolute Gasteiger partial charge is 0.497 e. The molecule has 2 aromatic rings. The SMILES string of the molecule is COc1ccc2cc(NC(=O)CCC3CCCCC3)cnc2c1. The molecule has 0 radical (unpaired) electrons. The Morgan fingerprint density at radius 2 is 2.09 bits per heavy atom. The van der Waals surface area contributed by atoms with E-state index in [0.717, 1.165) is 34.7 Å². The highest BCUT2D eigenvalue weighted by Gasteiger charge is 2.15. The van der Waals surface area contributed by atoms with Crippen molar-refractivity contribution in [2.75, 3.05) is 12.4 Å². The van der Waals surface area contributed by atoms with Gasteiger partial charge in [0, 0.05) is 17.9 Å². The van der Waals surface area contributed by atoms with Crippen LogP contribution >= 0.6 is 0 Å². The molecule has 3 rings (SSSR count). The van der Waals surface area contributed by atoms with Gasteiger partial charge in [0.2, 0.25) is 5.91 Å². The summed E-state index contributed by atoms with van der Waals surface area (Å²) in [6.07, 6.45) is 9.89. The summed E-state index contributed by atoms with van der Waals surface area (Å²) in [4.78, 5) is 16.5. The molecule has 0 bridgehead atoms. The van der Waals surface area contributed by atoms with Gasteiger partial charge in [0.05, 0.1) is 24.5 Å². The van der Waals surface area contributed by atoms with Crippen molar-refractivity contribution in [3.05, 3.63) is 30.5 Å². The zero-order valence-electron chi connectivity index (χ0n) is 13.7. The van der Waals surface area contributed by atoms with Crippen LogP contribution in [0.1, 0.15) is 44.9 Å². The first-order valence-corrected chi connectivity index (χ1v) is 8.48. The summed E-state index contributed by atoms with van der Waals surface area (Å²) in [5, 5.41) is 3.97. The summed E-state index contributed by atoms with van der Waals surface area (Å²) in [5.74, 6) is 1.61. The van der Waals surface area contributed by atoms with Crippen LogP contribution in [0.15, 0.2) is 30.5 Å². The van der Waals surface area contributed by atoms with Gasteiger partial charge in [0.1, 0.15) is 5.75 Å². The predicted octanol–water partition coefficient (Wildman–Crippen LogP) is 4.54. The van der Waals surface area contributed by atoms with E-state index in [1.54, 1.807) is 13.3 Å². The van der Waals surface area contributed by atoms with Crippen LogP contribution in [0.2, 0.25) is 0 Å². The van der Waals surface area contributed by atoms with E-state index >= 15 is 0 Å². The average Bonchev–Trinajstić information content (AvgIpc) is 2.60. The van der Waals surface area contributed by atoms with Crippen LogP contribution in [-0.4, -0.2) is 18.0 Å². The van der Waals surface area contributed by atoms with E-state index in [2.05, 4.69) is 10.3 Å². The third-order valence-electron chi connectivity index (χ3n) is 4.68. The minimum atomic E-state index is 0.0882. The second-order valence-corrected chi connectivity index (χ2v) is 6.37. The Balaban J connectivity index is 1.58. The number of nitrogens with zero attached hydrogens (tertiary/aromatic N) is 1. The molecule has 1 aromatic heterocycles. The van der Waals surface area contributed by atoms with Gasteiger partial charge in [0.15, 0.2) is 0 Å². The Morgan fingerprint density at radius 3 is 2.87 bits per heavy atom. The van der Waals surface area contributed by atoms with Gasteiger partial charge in [-0.25, -0.2) is 0 Å². The van der Waals surface area contributed by atoms with Crippen molar-refractivity contribution in [2.45, 2.75) is 44.9 Å². The highest BCUT2D eigenvalue weighted by atomic mass is 16.5. The summed E-state index contributed by atoms with van der Waals surface area (Å²) in [5.41, 5.74) is 1.63. The van der Waals surface area contributed by atoms with Crippen molar-refractivity contribution in [3.63, 3.8) is 0 Å². The number of rotatable bonds is 5. The van der Waals surface area contributed by atoms with Crippen LogP contribution in [-0.2, 0) is 4.79 Å². The van der Waals surface area contributed by atoms with Gasteiger partial charge in [-0.15, -0.1) is 0 Å². The van der Waals surface area contributed by atoms with Gasteiger partial charge in [-0.1, -0.05) is 32.1 Å². The highest BCUT2D eigenvalue weighted by Crippen LogP contribution is 2.27. The van der Waals surface area contributed by atoms with Gasteiger partial charge < -0.3 is 10.1 Å². The normalized spacial score (nSPS) is 15.5. The summed E-state index contributed by atoms with van der Waals surface area (Å²) < 4.78 is 5.20. The fourth-order valence-electron chi connectivity index (χ4n) is 3.33. The second kappa shape index (κ2) is 7.44. The van der Waals surface area contributed by atoms with Crippen molar-refractivity contribution in [3.8, 4) is 5.75 Å². The van der Waals surface area contributed by atoms with Gasteiger partial charge in [-0.05, 0) is 30.5 Å². The monoisotopic (exact) mass is 312 g/mol. The van der Waals surface area contributed by atoms with E-state index in [4.69, 9.17) is 4.74 Å². The minimum absolute atomic E-state index is 0.0882. The number of methoxy groups -OCH3 is 1. The summed E-state index contributed by atoms with van der Waals surface area (Å²) >= 11 is 0. The molecule has 0 unspecified atom stereocenters. The number of nitrogens with one attached hydrogen (secondary N) is 1. The first-order chi connectivity index (χ1) is 11.2. The molecule has 1 fully saturated rings. The Kier molecular flexibility index (Phi) is 5.11. The summed E-state index contributed by atoms with van der Waals surface area (Å²) in [7, 11) is 1.64. The number of benzene rings is 1. The molecule has 1 aliphatic rings. The third-order valence-corrected chi connectivity index (χ3v) is 4.68. The lowest BCUT2D eigenvalue weighted by atomic mass is 9.86. The van der Waals surface area contributed by atoms with Crippen molar-refractivity contribution in [2.24, 2.45) is 5.92 Å². The van der Waals surface area contributed by atoms with Crippen LogP contribution in [0.4, 0.5) is 5.69 Å². The van der Waals surface area contributed by atoms with Gasteiger partial charge in [0.25, 0.3) is 0 Å². The maximum absolute atomic E-state index is 12.1. The number of fused-ring (bicyclic) bond motifs is 1. The maximum atomic E-state index is 12.1. The summed E-state index contributed by atoms with van der Waals surface area (Å²) in [6.45, 7) is 0. The van der Waals surface area contributed by atoms with Crippen molar-refractivity contribution in [1.82, 2.24) is 4.98 Å². The highest BCUT2D eigenvalue weighted by molar-refractivity contribution is 5.93. The lowest BCUT2D eigenvalue weighted by molar-refractivity contribution is -0.116. The van der Waals surface area contributed by atoms with Crippen LogP contribution < -0.4 is 10.1 Å². The van der Waals surface area contributed by atoms with Crippen LogP contribution in [0, 0.1) is 5.92 Å². The number of carbonyl (C=O) groups is 1. The van der Waals surface area contributed by atoms with E-state index in [1.807, 2.05) is 24.3 Å². The predicted molar refractivity (Wildman–Crippen MR) is 92.7 cm³/mol. The fourth-order valence-corrected chi connectivity index (χ4v) is 3.33. The first-order valence-electron chi connectivity index (χ1n) is 8.48. The molecule has 0 aliphatic heterocycles. The molecule has 1 aromatic carbocycles. The quantitative estimate of drug-likeness (QED) is 0.881.